The Morgan fingerprint density at radius 3 is 0.964 bits per heavy atom. The molecule has 20 rings (SSSR count). The van der Waals surface area contributed by atoms with Crippen molar-refractivity contribution in [2.75, 3.05) is 19.8 Å². The van der Waals surface area contributed by atoms with Crippen LogP contribution in [-0.2, 0) is 28.7 Å². The number of esters is 2. The van der Waals surface area contributed by atoms with Gasteiger partial charge in [0.25, 0.3) is 0 Å². The Bertz CT molecular complexity index is 4770. The van der Waals surface area contributed by atoms with E-state index in [0.717, 1.165) is 146 Å². The number of allylic oxidation sites excluding steroid dienone is 8. The Hall–Kier alpha value is -3.00. The first kappa shape index (κ1) is 106. The minimum absolute atomic E-state index is 0.00287. The predicted octanol–water partition coefficient (Wildman–Crippen LogP) is 28.3. The monoisotopic (exact) mass is 1910 g/mol. The van der Waals surface area contributed by atoms with Gasteiger partial charge in [0.1, 0.15) is 11.6 Å². The third kappa shape index (κ3) is 14.4. The number of ether oxygens (including phenoxy) is 2. The molecule has 12 nitrogen and oxygen atoms in total. The summed E-state index contributed by atoms with van der Waals surface area (Å²) in [5.74, 6) is 11.3. The van der Waals surface area contributed by atoms with Crippen LogP contribution < -0.4 is 0 Å². The van der Waals surface area contributed by atoms with E-state index in [9.17, 15) is 49.8 Å². The number of ketones is 2. The van der Waals surface area contributed by atoms with Gasteiger partial charge >= 0.3 is 11.9 Å². The second-order valence-electron chi connectivity index (χ2n) is 59.7. The summed E-state index contributed by atoms with van der Waals surface area (Å²) in [5.41, 5.74) is 7.90. The van der Waals surface area contributed by atoms with Crippen LogP contribution in [0.15, 0.2) is 46.6 Å². The summed E-state index contributed by atoms with van der Waals surface area (Å²) in [4.78, 5) is 52.5. The molecule has 0 aromatic heterocycles. The van der Waals surface area contributed by atoms with E-state index >= 15 is 0 Å². The Morgan fingerprint density at radius 2 is 0.623 bits per heavy atom. The maximum Gasteiger partial charge on any atom is 0.344 e. The molecule has 0 heterocycles. The number of carbonyl (C=O) groups excluding carboxylic acids is 4. The molecule has 20 aliphatic rings. The van der Waals surface area contributed by atoms with Crippen LogP contribution in [0.4, 0.5) is 0 Å². The van der Waals surface area contributed by atoms with Crippen molar-refractivity contribution in [2.45, 2.75) is 470 Å². The zero-order valence-electron chi connectivity index (χ0n) is 93.7. The second-order valence-corrected chi connectivity index (χ2v) is 59.7. The lowest BCUT2D eigenvalue weighted by Gasteiger charge is -2.72. The van der Waals surface area contributed by atoms with Crippen LogP contribution in [0.2, 0.25) is 0 Å². The van der Waals surface area contributed by atoms with Crippen molar-refractivity contribution in [2.24, 2.45) is 227 Å². The Kier molecular flexibility index (Phi) is 27.0. The van der Waals surface area contributed by atoms with Crippen LogP contribution in [0.25, 0.3) is 0 Å². The number of aliphatic hydroxyl groups excluding tert-OH is 6. The summed E-state index contributed by atoms with van der Waals surface area (Å²) >= 11 is 0. The minimum atomic E-state index is -0.879. The Morgan fingerprint density at radius 1 is 0.326 bits per heavy atom. The maximum absolute atomic E-state index is 13.9. The number of fused-ring (bicyclic) bond motifs is 28. The van der Waals surface area contributed by atoms with Crippen molar-refractivity contribution < 1.29 is 59.3 Å². The van der Waals surface area contributed by atoms with Gasteiger partial charge in [-0.15, -0.1) is 0 Å². The van der Waals surface area contributed by atoms with E-state index in [1.807, 2.05) is 26.3 Å². The molecular formula is C126H204O12. The van der Waals surface area contributed by atoms with Gasteiger partial charge in [-0.25, -0.2) is 4.79 Å². The fraction of sp³-hybridized carbons (Fsp3) is 0.905. The second kappa shape index (κ2) is 35.1. The summed E-state index contributed by atoms with van der Waals surface area (Å²) in [5, 5.41) is 65.2. The molecule has 16 saturated carbocycles. The molecule has 0 aromatic rings. The van der Waals surface area contributed by atoms with Gasteiger partial charge in [-0.2, -0.15) is 0 Å². The molecule has 20 aliphatic carbocycles. The molecular weight excluding hydrogens is 1710 g/mol. The van der Waals surface area contributed by atoms with Crippen LogP contribution in [0.1, 0.15) is 439 Å². The van der Waals surface area contributed by atoms with E-state index in [0.29, 0.717) is 135 Å². The summed E-state index contributed by atoms with van der Waals surface area (Å²) in [6.45, 7) is 74.4. The number of aliphatic hydroxyl groups is 6. The van der Waals surface area contributed by atoms with Gasteiger partial charge < -0.3 is 40.1 Å². The molecule has 6 N–H and O–H groups in total. The lowest BCUT2D eigenvalue weighted by molar-refractivity contribution is -0.243. The van der Waals surface area contributed by atoms with Crippen molar-refractivity contribution in [1.29, 1.82) is 0 Å². The van der Waals surface area contributed by atoms with Gasteiger partial charge in [0, 0.05) is 16.2 Å². The van der Waals surface area contributed by atoms with Gasteiger partial charge in [0.05, 0.1) is 49.1 Å². The quantitative estimate of drug-likeness (QED) is 0.104. The molecule has 0 bridgehead atoms. The van der Waals surface area contributed by atoms with Crippen molar-refractivity contribution in [3.63, 3.8) is 0 Å². The van der Waals surface area contributed by atoms with E-state index in [2.05, 4.69) is 211 Å². The number of Topliss-reactive ketones (excluding diaryl/α,β-unsaturated/α-hetero) is 2. The summed E-state index contributed by atoms with van der Waals surface area (Å²) in [7, 11) is 0. The molecule has 16 fully saturated rings. The topological polar surface area (TPSA) is 208 Å². The third-order valence-corrected chi connectivity index (χ3v) is 54.8. The Labute approximate surface area is 840 Å². The molecule has 0 spiro atoms. The van der Waals surface area contributed by atoms with E-state index in [-0.39, 0.29) is 120 Å². The fourth-order valence-electron chi connectivity index (χ4n) is 44.4. The molecule has 4 unspecified atom stereocenters. The lowest BCUT2D eigenvalue weighted by Crippen LogP contribution is -2.68. The first-order valence-electron chi connectivity index (χ1n) is 58.2. The predicted molar refractivity (Wildman–Crippen MR) is 557 cm³/mol. The zero-order chi connectivity index (χ0) is 101. The van der Waals surface area contributed by atoms with Crippen molar-refractivity contribution in [3.05, 3.63) is 46.6 Å². The van der Waals surface area contributed by atoms with E-state index < -0.39 is 29.0 Å². The first-order chi connectivity index (χ1) is 64.0. The Balaban J connectivity index is 0.000000128. The summed E-state index contributed by atoms with van der Waals surface area (Å²) in [6.07, 6.45) is 47.6. The third-order valence-electron chi connectivity index (χ3n) is 54.8. The molecule has 0 radical (unpaired) electrons. The fourth-order valence-corrected chi connectivity index (χ4v) is 44.4. The van der Waals surface area contributed by atoms with E-state index in [1.54, 1.807) is 18.1 Å². The van der Waals surface area contributed by atoms with Gasteiger partial charge in [0.15, 0.2) is 6.61 Å². The highest BCUT2D eigenvalue weighted by Gasteiger charge is 2.77. The van der Waals surface area contributed by atoms with Gasteiger partial charge in [-0.3, -0.25) is 14.4 Å². The van der Waals surface area contributed by atoms with E-state index in [1.165, 1.54) is 102 Å². The molecule has 138 heavy (non-hydrogen) atoms. The number of hydrogen-bond donors (Lipinski definition) is 6. The van der Waals surface area contributed by atoms with Gasteiger partial charge in [-0.1, -0.05) is 240 Å². The molecule has 0 saturated heterocycles. The highest BCUT2D eigenvalue weighted by molar-refractivity contribution is 5.85. The van der Waals surface area contributed by atoms with Crippen molar-refractivity contribution >= 4 is 23.5 Å². The lowest BCUT2D eigenvalue weighted by atomic mass is 9.33. The molecule has 0 aromatic carbocycles. The normalized spacial score (nSPS) is 54.7. The zero-order valence-corrected chi connectivity index (χ0v) is 93.7. The number of carbonyl (C=O) groups is 4. The van der Waals surface area contributed by atoms with Gasteiger partial charge in [0.2, 0.25) is 0 Å². The molecule has 12 heteroatoms. The summed E-state index contributed by atoms with van der Waals surface area (Å²) < 4.78 is 10.8. The molecule has 42 atom stereocenters. The van der Waals surface area contributed by atoms with E-state index in [4.69, 9.17) is 9.47 Å². The van der Waals surface area contributed by atoms with Crippen LogP contribution in [0.3, 0.4) is 0 Å². The van der Waals surface area contributed by atoms with Crippen LogP contribution >= 0.6 is 0 Å². The average molecular weight is 1910 g/mol. The minimum Gasteiger partial charge on any atom is -0.463 e. The number of hydrogen-bond acceptors (Lipinski definition) is 12. The molecule has 0 aliphatic heterocycles. The smallest absolute Gasteiger partial charge is 0.344 e. The standard InChI is InChI=1S/C34H54O5.C31H50O4.C31H50O2.C30H50O/c1-9-38-27(36)20-39-29(37)34-17-12-21(2)22(3)28(34)23-10-11-25-31(6)15-14-26(35)30(4,5)24(31)13-16-33(25,8)32(23,7)18-19-34;1-18-10-13-31(20(3)33)15-14-29(6)21(25(31)19(18)2)8-9-24-27(4)16-22(34)26(35)28(5,17-32)23(27)11-12-30(24,29)7;1-19-11-16-31(21(3)32)18-17-29(7)22(26(31)20(19)2)9-10-24-28(6)14-13-25(33)27(4,5)23(28)12-15-30(24,29)8;1-19-11-14-27(5)17-18-29(7)21(25(27)20(19)2)9-10-23-28(6)15-13-24(31)26(3,4)22(28)12-16-30(23,29)8/h10,21-22,24-26,28,35H,9,11-20H2,1-8H3;8,18-19,22-26,32,34-35H,9-17H2,1-7H3;9,19-20,23-26,33H,10-18H2,1-8H3;9,19-20,22-25,31H,10-18H2,1-8H3/t21-,22+,24?,25?,26+,28?,31+,32-,33-,34+;18-,19+,22-,23-,24?,25+,26+,27+,28+,29-,30-,31-;19-,20+,23+,24-,25+,26+,28+,29-,30-,31-;19-,20+,22+,23-,24+,25+,27-,28+,29-,30-/m1111/s1. The van der Waals surface area contributed by atoms with Crippen LogP contribution in [0.5, 0.6) is 0 Å². The summed E-state index contributed by atoms with van der Waals surface area (Å²) in [6, 6.07) is 0. The largest absolute Gasteiger partial charge is 0.463 e. The average Bonchev–Trinajstić information content (AvgIpc) is 0.680. The van der Waals surface area contributed by atoms with Crippen LogP contribution in [-0.4, -0.2) is 104 Å². The highest BCUT2D eigenvalue weighted by atomic mass is 16.6. The van der Waals surface area contributed by atoms with Crippen molar-refractivity contribution in [1.82, 2.24) is 0 Å². The number of rotatable bonds is 7. The molecule has 780 valence electrons. The van der Waals surface area contributed by atoms with Gasteiger partial charge in [-0.05, 0) is 450 Å². The first-order valence-corrected chi connectivity index (χ1v) is 58.2. The maximum atomic E-state index is 13.9. The van der Waals surface area contributed by atoms with Crippen molar-refractivity contribution in [3.8, 4) is 0 Å². The van der Waals surface area contributed by atoms with Crippen LogP contribution in [0, 0.1) is 227 Å². The molecule has 0 amide bonds. The SMILES string of the molecule is CC(=O)[C@]12CC[C@@H](C)[C@H](C)[C@H]1C1=CCC3[C@@]4(C)C[C@@H](O)[C@H](O)[C@@](C)(CO)[C@@H]4CC[C@@]3(C)[C@]1(C)CC2.CC(=O)[C@]12CC[C@@H](C)[C@H](C)[C@H]1C1=CC[C@@H]3[C@@]4(C)CC[C@H](O)C(C)(C)[C@@H]4CC[C@@]3(C)[C@]1(C)CC2.CCOC(=O)COC(=O)[C@]12CC[C@@H](C)[C@H](C)C1C1=CCC3[C@@]4(C)CC[C@H](O)C(C)(C)C4CC[C@@]3(C)[C@]1(C)CC2.C[C@H]1[C@H](C)CC[C@]2(C)CC[C@]3(C)C(=CC[C@@H]4[C@@]5(C)CC[C@H](O)C(C)(C)[C@@H]5CC[C@]43C)[C@H]12. The highest BCUT2D eigenvalue weighted by Crippen LogP contribution is 2.83.